The number of anilines is 1. The van der Waals surface area contributed by atoms with Gasteiger partial charge in [-0.25, -0.2) is 0 Å². The largest absolute Gasteiger partial charge is 0.370 e. The standard InChI is InChI=1S/C16H26N4/c1-17-10-13-5-7-18-11-16(13)20-9-6-15-14(12-20)4-3-8-19(15)2/h5,7,11,14-15,17H,3-4,6,8-10,12H2,1-2H3. The summed E-state index contributed by atoms with van der Waals surface area (Å²) in [6, 6.07) is 2.94. The topological polar surface area (TPSA) is 31.4 Å². The van der Waals surface area contributed by atoms with E-state index in [-0.39, 0.29) is 0 Å². The molecule has 1 aromatic rings. The number of hydrogen-bond donors (Lipinski definition) is 1. The maximum Gasteiger partial charge on any atom is 0.0598 e. The first-order valence-electron chi connectivity index (χ1n) is 7.82. The molecule has 0 radical (unpaired) electrons. The Morgan fingerprint density at radius 1 is 1.35 bits per heavy atom. The van der Waals surface area contributed by atoms with Gasteiger partial charge in [-0.3, -0.25) is 4.98 Å². The number of likely N-dealkylation sites (tertiary alicyclic amines) is 1. The van der Waals surface area contributed by atoms with E-state index in [9.17, 15) is 0 Å². The lowest BCUT2D eigenvalue weighted by Gasteiger charge is -2.46. The SMILES string of the molecule is CNCc1ccncc1N1CCC2C(CCCN2C)C1. The van der Waals surface area contributed by atoms with Crippen LogP contribution in [0, 0.1) is 5.92 Å². The van der Waals surface area contributed by atoms with Crippen LogP contribution in [0.4, 0.5) is 5.69 Å². The van der Waals surface area contributed by atoms with Crippen molar-refractivity contribution >= 4 is 5.69 Å². The van der Waals surface area contributed by atoms with Crippen LogP contribution in [-0.4, -0.2) is 49.7 Å². The molecule has 0 aromatic carbocycles. The summed E-state index contributed by atoms with van der Waals surface area (Å²) in [6.07, 6.45) is 7.96. The van der Waals surface area contributed by atoms with Gasteiger partial charge in [0, 0.05) is 31.9 Å². The maximum absolute atomic E-state index is 4.34. The Hall–Kier alpha value is -1.13. The van der Waals surface area contributed by atoms with Gasteiger partial charge in [-0.05, 0) is 57.5 Å². The van der Waals surface area contributed by atoms with Gasteiger partial charge < -0.3 is 15.1 Å². The molecule has 0 spiro atoms. The Labute approximate surface area is 122 Å². The highest BCUT2D eigenvalue weighted by atomic mass is 15.2. The highest BCUT2D eigenvalue weighted by Crippen LogP contribution is 2.32. The third-order valence-electron chi connectivity index (χ3n) is 4.94. The van der Waals surface area contributed by atoms with E-state index < -0.39 is 0 Å². The molecule has 0 bridgehead atoms. The minimum absolute atomic E-state index is 0.796. The van der Waals surface area contributed by atoms with Crippen molar-refractivity contribution in [2.75, 3.05) is 38.6 Å². The summed E-state index contributed by atoms with van der Waals surface area (Å²) in [6.45, 7) is 4.55. The van der Waals surface area contributed by atoms with Crippen LogP contribution < -0.4 is 10.2 Å². The molecule has 3 heterocycles. The molecule has 2 aliphatic heterocycles. The van der Waals surface area contributed by atoms with Crippen LogP contribution in [0.1, 0.15) is 24.8 Å². The molecular formula is C16H26N4. The fraction of sp³-hybridized carbons (Fsp3) is 0.688. The third kappa shape index (κ3) is 2.67. The number of nitrogens with one attached hydrogen (secondary N) is 1. The summed E-state index contributed by atoms with van der Waals surface area (Å²) in [5.74, 6) is 0.824. The molecule has 1 N–H and O–H groups in total. The first-order chi connectivity index (χ1) is 9.79. The van der Waals surface area contributed by atoms with Crippen molar-refractivity contribution in [2.45, 2.75) is 31.8 Å². The lowest BCUT2D eigenvalue weighted by atomic mass is 9.84. The van der Waals surface area contributed by atoms with E-state index in [0.717, 1.165) is 25.0 Å². The molecule has 3 rings (SSSR count). The fourth-order valence-corrected chi connectivity index (χ4v) is 3.91. The van der Waals surface area contributed by atoms with Crippen LogP contribution in [0.15, 0.2) is 18.5 Å². The number of rotatable bonds is 3. The van der Waals surface area contributed by atoms with E-state index in [1.54, 1.807) is 0 Å². The van der Waals surface area contributed by atoms with E-state index in [4.69, 9.17) is 0 Å². The summed E-state index contributed by atoms with van der Waals surface area (Å²) < 4.78 is 0. The Bertz CT molecular complexity index is 448. The molecule has 20 heavy (non-hydrogen) atoms. The minimum atomic E-state index is 0.796. The van der Waals surface area contributed by atoms with Crippen molar-refractivity contribution in [3.8, 4) is 0 Å². The lowest BCUT2D eigenvalue weighted by Crippen LogP contribution is -2.53. The van der Waals surface area contributed by atoms with Gasteiger partial charge in [0.15, 0.2) is 0 Å². The molecule has 110 valence electrons. The third-order valence-corrected chi connectivity index (χ3v) is 4.94. The maximum atomic E-state index is 4.34. The molecular weight excluding hydrogens is 248 g/mol. The second-order valence-corrected chi connectivity index (χ2v) is 6.22. The number of fused-ring (bicyclic) bond motifs is 1. The van der Waals surface area contributed by atoms with E-state index in [0.29, 0.717) is 0 Å². The molecule has 0 aliphatic carbocycles. The Kier molecular flexibility index (Phi) is 4.22. The first kappa shape index (κ1) is 13.8. The van der Waals surface area contributed by atoms with Gasteiger partial charge in [0.1, 0.15) is 0 Å². The number of aromatic nitrogens is 1. The number of nitrogens with zero attached hydrogens (tertiary/aromatic N) is 3. The highest BCUT2D eigenvalue weighted by Gasteiger charge is 2.34. The van der Waals surface area contributed by atoms with Crippen LogP contribution in [0.5, 0.6) is 0 Å². The van der Waals surface area contributed by atoms with Gasteiger partial charge >= 0.3 is 0 Å². The molecule has 2 saturated heterocycles. The molecule has 1 aromatic heterocycles. The predicted molar refractivity (Wildman–Crippen MR) is 83.0 cm³/mol. The van der Waals surface area contributed by atoms with Crippen molar-refractivity contribution in [3.63, 3.8) is 0 Å². The van der Waals surface area contributed by atoms with E-state index in [1.807, 2.05) is 19.4 Å². The molecule has 2 unspecified atom stereocenters. The van der Waals surface area contributed by atoms with Crippen molar-refractivity contribution in [3.05, 3.63) is 24.0 Å². The zero-order valence-electron chi connectivity index (χ0n) is 12.7. The smallest absolute Gasteiger partial charge is 0.0598 e. The van der Waals surface area contributed by atoms with Crippen LogP contribution >= 0.6 is 0 Å². The predicted octanol–water partition coefficient (Wildman–Crippen LogP) is 1.72. The van der Waals surface area contributed by atoms with Crippen LogP contribution in [0.2, 0.25) is 0 Å². The van der Waals surface area contributed by atoms with E-state index >= 15 is 0 Å². The molecule has 2 fully saturated rings. The zero-order chi connectivity index (χ0) is 13.9. The van der Waals surface area contributed by atoms with Gasteiger partial charge in [-0.15, -0.1) is 0 Å². The quantitative estimate of drug-likeness (QED) is 0.909. The number of pyridine rings is 1. The zero-order valence-corrected chi connectivity index (χ0v) is 12.7. The highest BCUT2D eigenvalue weighted by molar-refractivity contribution is 5.52. The first-order valence-corrected chi connectivity index (χ1v) is 7.82. The van der Waals surface area contributed by atoms with Gasteiger partial charge in [0.25, 0.3) is 0 Å². The average molecular weight is 274 g/mol. The summed E-state index contributed by atoms with van der Waals surface area (Å²) in [4.78, 5) is 9.47. The van der Waals surface area contributed by atoms with Crippen LogP contribution in [0.3, 0.4) is 0 Å². The van der Waals surface area contributed by atoms with Crippen LogP contribution in [-0.2, 0) is 6.54 Å². The fourth-order valence-electron chi connectivity index (χ4n) is 3.91. The average Bonchev–Trinajstić information content (AvgIpc) is 2.48. The van der Waals surface area contributed by atoms with Gasteiger partial charge in [-0.2, -0.15) is 0 Å². The van der Waals surface area contributed by atoms with Gasteiger partial charge in [0.05, 0.1) is 11.9 Å². The molecule has 0 amide bonds. The van der Waals surface area contributed by atoms with Crippen LogP contribution in [0.25, 0.3) is 0 Å². The molecule has 0 saturated carbocycles. The van der Waals surface area contributed by atoms with Crippen molar-refractivity contribution in [2.24, 2.45) is 5.92 Å². The normalized spacial score (nSPS) is 27.4. The van der Waals surface area contributed by atoms with Crippen molar-refractivity contribution in [1.29, 1.82) is 0 Å². The molecule has 4 nitrogen and oxygen atoms in total. The second kappa shape index (κ2) is 6.10. The molecule has 4 heteroatoms. The van der Waals surface area contributed by atoms with E-state index in [2.05, 4.69) is 33.2 Å². The van der Waals surface area contributed by atoms with Crippen molar-refractivity contribution in [1.82, 2.24) is 15.2 Å². The molecule has 2 aliphatic rings. The van der Waals surface area contributed by atoms with Crippen molar-refractivity contribution < 1.29 is 0 Å². The summed E-state index contributed by atoms with van der Waals surface area (Å²) in [7, 11) is 4.30. The summed E-state index contributed by atoms with van der Waals surface area (Å²) in [5.41, 5.74) is 2.69. The lowest BCUT2D eigenvalue weighted by molar-refractivity contribution is 0.102. The second-order valence-electron chi connectivity index (χ2n) is 6.22. The summed E-state index contributed by atoms with van der Waals surface area (Å²) in [5, 5.41) is 3.26. The summed E-state index contributed by atoms with van der Waals surface area (Å²) >= 11 is 0. The monoisotopic (exact) mass is 274 g/mol. The number of piperidine rings is 2. The molecule has 2 atom stereocenters. The Morgan fingerprint density at radius 2 is 2.25 bits per heavy atom. The van der Waals surface area contributed by atoms with E-state index in [1.165, 1.54) is 43.6 Å². The Balaban J connectivity index is 1.76. The minimum Gasteiger partial charge on any atom is -0.370 e. The van der Waals surface area contributed by atoms with Gasteiger partial charge in [0.2, 0.25) is 0 Å². The number of hydrogen-bond acceptors (Lipinski definition) is 4. The Morgan fingerprint density at radius 3 is 3.10 bits per heavy atom. The van der Waals surface area contributed by atoms with Gasteiger partial charge in [-0.1, -0.05) is 0 Å².